The first kappa shape index (κ1) is 13.7. The van der Waals surface area contributed by atoms with E-state index in [1.54, 1.807) is 11.7 Å². The molecule has 0 atom stereocenters. The third-order valence-electron chi connectivity index (χ3n) is 2.67. The first-order chi connectivity index (χ1) is 9.01. The Labute approximate surface area is 118 Å². The maximum absolute atomic E-state index is 13.2. The topological polar surface area (TPSA) is 44.1 Å². The van der Waals surface area contributed by atoms with Crippen molar-refractivity contribution < 1.29 is 13.9 Å². The molecular weight excluding hydrogens is 315 g/mol. The third-order valence-corrected chi connectivity index (χ3v) is 3.70. The van der Waals surface area contributed by atoms with E-state index in [2.05, 4.69) is 21.0 Å². The summed E-state index contributed by atoms with van der Waals surface area (Å²) in [4.78, 5) is 10.7. The molecule has 0 radical (unpaired) electrons. The molecule has 0 saturated carbocycles. The molecule has 0 aliphatic heterocycles. The van der Waals surface area contributed by atoms with Gasteiger partial charge < -0.3 is 4.74 Å². The molecular formula is C13H12BrFN2O2. The minimum atomic E-state index is -0.500. The number of aromatic nitrogens is 2. The predicted molar refractivity (Wildman–Crippen MR) is 71.8 cm³/mol. The van der Waals surface area contributed by atoms with Crippen LogP contribution in [0.3, 0.4) is 0 Å². The van der Waals surface area contributed by atoms with Gasteiger partial charge in [-0.05, 0) is 35.0 Å². The molecule has 1 aromatic heterocycles. The molecule has 100 valence electrons. The molecule has 2 aromatic rings. The number of aryl methyl sites for hydroxylation is 2. The van der Waals surface area contributed by atoms with E-state index in [1.165, 1.54) is 12.1 Å². The summed E-state index contributed by atoms with van der Waals surface area (Å²) >= 11 is 3.42. The second-order valence-corrected chi connectivity index (χ2v) is 4.89. The van der Waals surface area contributed by atoms with Crippen molar-refractivity contribution in [3.8, 4) is 5.75 Å². The van der Waals surface area contributed by atoms with Gasteiger partial charge in [0.05, 0.1) is 15.9 Å². The monoisotopic (exact) mass is 326 g/mol. The van der Waals surface area contributed by atoms with Crippen LogP contribution in [0.4, 0.5) is 4.39 Å². The number of ether oxygens (including phenoxy) is 1. The molecule has 0 aliphatic rings. The Kier molecular flexibility index (Phi) is 3.99. The lowest BCUT2D eigenvalue weighted by atomic mass is 10.2. The van der Waals surface area contributed by atoms with Crippen LogP contribution in [0.25, 0.3) is 0 Å². The first-order valence-electron chi connectivity index (χ1n) is 5.58. The lowest BCUT2D eigenvalue weighted by molar-refractivity contribution is 0.112. The van der Waals surface area contributed by atoms with E-state index >= 15 is 0 Å². The summed E-state index contributed by atoms with van der Waals surface area (Å²) in [6.45, 7) is 2.11. The fourth-order valence-electron chi connectivity index (χ4n) is 1.72. The number of hydrogen-bond donors (Lipinski definition) is 0. The van der Waals surface area contributed by atoms with E-state index in [-0.39, 0.29) is 12.2 Å². The van der Waals surface area contributed by atoms with E-state index in [4.69, 9.17) is 4.74 Å². The van der Waals surface area contributed by atoms with Gasteiger partial charge in [-0.15, -0.1) is 0 Å². The highest BCUT2D eigenvalue weighted by Crippen LogP contribution is 2.23. The summed E-state index contributed by atoms with van der Waals surface area (Å²) in [5.74, 6) is -0.187. The van der Waals surface area contributed by atoms with Gasteiger partial charge in [0, 0.05) is 18.7 Å². The van der Waals surface area contributed by atoms with E-state index in [0.29, 0.717) is 12.0 Å². The Balaban J connectivity index is 2.18. The van der Waals surface area contributed by atoms with E-state index in [1.807, 2.05) is 6.92 Å². The lowest BCUT2D eigenvalue weighted by Crippen LogP contribution is -2.04. The first-order valence-corrected chi connectivity index (χ1v) is 6.37. The number of nitrogens with zero attached hydrogens (tertiary/aromatic N) is 2. The highest BCUT2D eigenvalue weighted by molar-refractivity contribution is 9.10. The van der Waals surface area contributed by atoms with Crippen molar-refractivity contribution in [3.05, 3.63) is 45.4 Å². The van der Waals surface area contributed by atoms with Crippen LogP contribution >= 0.6 is 15.9 Å². The molecule has 0 N–H and O–H groups in total. The Morgan fingerprint density at radius 2 is 2.21 bits per heavy atom. The minimum absolute atomic E-state index is 0.236. The highest BCUT2D eigenvalue weighted by Gasteiger charge is 2.11. The molecule has 2 rings (SSSR count). The van der Waals surface area contributed by atoms with Gasteiger partial charge in [-0.1, -0.05) is 0 Å². The van der Waals surface area contributed by atoms with Crippen molar-refractivity contribution >= 4 is 22.2 Å². The van der Waals surface area contributed by atoms with Crippen LogP contribution in [-0.2, 0) is 13.7 Å². The molecule has 1 aromatic carbocycles. The summed E-state index contributed by atoms with van der Waals surface area (Å²) in [6.07, 6.45) is 0.583. The van der Waals surface area contributed by atoms with E-state index < -0.39 is 5.82 Å². The fraction of sp³-hybridized carbons (Fsp3) is 0.231. The Bertz CT molecular complexity index is 625. The van der Waals surface area contributed by atoms with E-state index in [9.17, 15) is 9.18 Å². The number of carbonyl (C=O) groups excluding carboxylic acids is 1. The number of halogens is 2. The van der Waals surface area contributed by atoms with Gasteiger partial charge in [0.1, 0.15) is 24.5 Å². The Morgan fingerprint density at radius 3 is 2.79 bits per heavy atom. The largest absolute Gasteiger partial charge is 0.487 e. The van der Waals surface area contributed by atoms with Crippen molar-refractivity contribution in [1.29, 1.82) is 0 Å². The third kappa shape index (κ3) is 3.01. The van der Waals surface area contributed by atoms with Crippen molar-refractivity contribution in [3.63, 3.8) is 0 Å². The fourth-order valence-corrected chi connectivity index (χ4v) is 2.17. The standard InChI is InChI=1S/C13H12BrFN2O2/c1-8-13(14)12(17(2)16-8)7-19-11-4-9(6-18)3-10(15)5-11/h3-6H,7H2,1-2H3. The molecule has 0 fully saturated rings. The number of carbonyl (C=O) groups is 1. The number of aldehydes is 1. The van der Waals surface area contributed by atoms with Crippen LogP contribution in [0.15, 0.2) is 22.7 Å². The summed E-state index contributed by atoms with van der Waals surface area (Å²) in [6, 6.07) is 3.89. The van der Waals surface area contributed by atoms with Gasteiger partial charge >= 0.3 is 0 Å². The molecule has 0 saturated heterocycles. The maximum Gasteiger partial charge on any atom is 0.150 e. The van der Waals surface area contributed by atoms with Crippen molar-refractivity contribution in [2.45, 2.75) is 13.5 Å². The van der Waals surface area contributed by atoms with Crippen LogP contribution in [0.1, 0.15) is 21.7 Å². The minimum Gasteiger partial charge on any atom is -0.487 e. The van der Waals surface area contributed by atoms with Crippen LogP contribution < -0.4 is 4.74 Å². The predicted octanol–water partition coefficient (Wildman–Crippen LogP) is 3.02. The Morgan fingerprint density at radius 1 is 1.47 bits per heavy atom. The van der Waals surface area contributed by atoms with Gasteiger partial charge in [-0.2, -0.15) is 5.10 Å². The van der Waals surface area contributed by atoms with Crippen molar-refractivity contribution in [2.75, 3.05) is 0 Å². The molecule has 0 spiro atoms. The molecule has 19 heavy (non-hydrogen) atoms. The van der Waals surface area contributed by atoms with Gasteiger partial charge in [0.15, 0.2) is 0 Å². The van der Waals surface area contributed by atoms with Crippen LogP contribution in [0.5, 0.6) is 5.75 Å². The average Bonchev–Trinajstić information content (AvgIpc) is 2.60. The zero-order chi connectivity index (χ0) is 14.0. The second-order valence-electron chi connectivity index (χ2n) is 4.10. The molecule has 0 aliphatic carbocycles. The molecule has 4 nitrogen and oxygen atoms in total. The van der Waals surface area contributed by atoms with Gasteiger partial charge in [-0.25, -0.2) is 4.39 Å². The smallest absolute Gasteiger partial charge is 0.150 e. The van der Waals surface area contributed by atoms with Crippen LogP contribution in [-0.4, -0.2) is 16.1 Å². The average molecular weight is 327 g/mol. The second kappa shape index (κ2) is 5.52. The number of rotatable bonds is 4. The number of hydrogen-bond acceptors (Lipinski definition) is 3. The van der Waals surface area contributed by atoms with Crippen molar-refractivity contribution in [2.24, 2.45) is 7.05 Å². The SMILES string of the molecule is Cc1nn(C)c(COc2cc(F)cc(C=O)c2)c1Br. The summed E-state index contributed by atoms with van der Waals surface area (Å²) < 4.78 is 21.3. The van der Waals surface area contributed by atoms with Gasteiger partial charge in [0.25, 0.3) is 0 Å². The summed E-state index contributed by atoms with van der Waals surface area (Å²) in [7, 11) is 1.80. The Hall–Kier alpha value is -1.69. The molecule has 0 bridgehead atoms. The molecule has 0 amide bonds. The zero-order valence-corrected chi connectivity index (χ0v) is 12.1. The van der Waals surface area contributed by atoms with E-state index in [0.717, 1.165) is 21.9 Å². The molecule has 0 unspecified atom stereocenters. The summed E-state index contributed by atoms with van der Waals surface area (Å²) in [5, 5.41) is 4.23. The highest BCUT2D eigenvalue weighted by atomic mass is 79.9. The van der Waals surface area contributed by atoms with Crippen LogP contribution in [0, 0.1) is 12.7 Å². The summed E-state index contributed by atoms with van der Waals surface area (Å²) in [5.41, 5.74) is 1.94. The maximum atomic E-state index is 13.2. The van der Waals surface area contributed by atoms with Crippen LogP contribution in [0.2, 0.25) is 0 Å². The molecule has 1 heterocycles. The quantitative estimate of drug-likeness (QED) is 0.811. The van der Waals surface area contributed by atoms with Gasteiger partial charge in [0.2, 0.25) is 0 Å². The lowest BCUT2D eigenvalue weighted by Gasteiger charge is -2.08. The van der Waals surface area contributed by atoms with Crippen molar-refractivity contribution in [1.82, 2.24) is 9.78 Å². The molecule has 6 heteroatoms. The number of benzene rings is 1. The zero-order valence-electron chi connectivity index (χ0n) is 10.5. The van der Waals surface area contributed by atoms with Gasteiger partial charge in [-0.3, -0.25) is 9.48 Å². The normalized spacial score (nSPS) is 10.5.